The van der Waals surface area contributed by atoms with Crippen molar-refractivity contribution in [2.24, 2.45) is 0 Å². The van der Waals surface area contributed by atoms with Gasteiger partial charge in [-0.1, -0.05) is 0 Å². The van der Waals surface area contributed by atoms with Gasteiger partial charge in [0.15, 0.2) is 17.1 Å². The van der Waals surface area contributed by atoms with Crippen molar-refractivity contribution in [2.45, 2.75) is 19.9 Å². The summed E-state index contributed by atoms with van der Waals surface area (Å²) in [5, 5.41) is 8.09. The number of hydrogen-bond donors (Lipinski definition) is 1. The normalized spacial score (nSPS) is 12.9. The molecule has 8 heteroatoms. The summed E-state index contributed by atoms with van der Waals surface area (Å²) in [5.41, 5.74) is 3.32. The second-order valence-corrected chi connectivity index (χ2v) is 7.52. The van der Waals surface area contributed by atoms with Gasteiger partial charge in [0.25, 0.3) is 5.91 Å². The van der Waals surface area contributed by atoms with Gasteiger partial charge in [0.1, 0.15) is 13.2 Å². The highest BCUT2D eigenvalue weighted by Crippen LogP contribution is 2.35. The van der Waals surface area contributed by atoms with E-state index in [2.05, 4.69) is 15.4 Å². The van der Waals surface area contributed by atoms with Crippen molar-refractivity contribution >= 4 is 22.6 Å². The van der Waals surface area contributed by atoms with E-state index < -0.39 is 0 Å². The van der Waals surface area contributed by atoms with Crippen molar-refractivity contribution < 1.29 is 14.3 Å². The number of carbonyl (C=O) groups is 1. The zero-order valence-corrected chi connectivity index (χ0v) is 17.2. The Kier molecular flexibility index (Phi) is 4.74. The molecule has 0 aliphatic carbocycles. The third-order valence-electron chi connectivity index (χ3n) is 5.08. The van der Waals surface area contributed by atoms with Crippen LogP contribution in [0.2, 0.25) is 0 Å². The van der Waals surface area contributed by atoms with Crippen molar-refractivity contribution in [1.82, 2.24) is 19.7 Å². The smallest absolute Gasteiger partial charge is 0.256 e. The number of amides is 1. The highest BCUT2D eigenvalue weighted by Gasteiger charge is 2.20. The van der Waals surface area contributed by atoms with Gasteiger partial charge in [-0.3, -0.25) is 9.78 Å². The maximum atomic E-state index is 13.2. The molecular weight excluding hydrogens is 394 g/mol. The SMILES string of the molecule is CC(C)n1ncc2c(C(=O)Nc3ccncc3)cc(-c3ccc4c(c3)OCCO4)nc21. The van der Waals surface area contributed by atoms with Gasteiger partial charge in [0.05, 0.1) is 22.8 Å². The summed E-state index contributed by atoms with van der Waals surface area (Å²) in [6.45, 7) is 5.09. The largest absolute Gasteiger partial charge is 0.486 e. The molecule has 31 heavy (non-hydrogen) atoms. The number of ether oxygens (including phenoxy) is 2. The lowest BCUT2D eigenvalue weighted by molar-refractivity contribution is 0.102. The molecule has 8 nitrogen and oxygen atoms in total. The van der Waals surface area contributed by atoms with Gasteiger partial charge in [-0.15, -0.1) is 0 Å². The highest BCUT2D eigenvalue weighted by atomic mass is 16.6. The van der Waals surface area contributed by atoms with E-state index in [9.17, 15) is 4.79 Å². The fraction of sp³-hybridized carbons (Fsp3) is 0.217. The lowest BCUT2D eigenvalue weighted by Gasteiger charge is -2.19. The molecule has 1 aliphatic heterocycles. The molecule has 1 amide bonds. The maximum Gasteiger partial charge on any atom is 0.256 e. The quantitative estimate of drug-likeness (QED) is 0.540. The Labute approximate surface area is 178 Å². The number of anilines is 1. The number of pyridine rings is 2. The molecule has 0 radical (unpaired) electrons. The van der Waals surface area contributed by atoms with Gasteiger partial charge in [-0.2, -0.15) is 5.10 Å². The second kappa shape index (κ2) is 7.71. The summed E-state index contributed by atoms with van der Waals surface area (Å²) >= 11 is 0. The van der Waals surface area contributed by atoms with Crippen LogP contribution in [0.5, 0.6) is 11.5 Å². The molecule has 0 spiro atoms. The molecule has 0 saturated heterocycles. The minimum atomic E-state index is -0.235. The van der Waals surface area contributed by atoms with Gasteiger partial charge < -0.3 is 14.8 Å². The number of rotatable bonds is 4. The molecular formula is C23H21N5O3. The number of aromatic nitrogens is 4. The van der Waals surface area contributed by atoms with E-state index in [0.717, 1.165) is 5.56 Å². The molecule has 5 rings (SSSR count). The minimum Gasteiger partial charge on any atom is -0.486 e. The molecule has 4 heterocycles. The van der Waals surface area contributed by atoms with Crippen LogP contribution in [0, 0.1) is 0 Å². The number of hydrogen-bond acceptors (Lipinski definition) is 6. The molecule has 0 saturated carbocycles. The van der Waals surface area contributed by atoms with Crippen LogP contribution in [0.4, 0.5) is 5.69 Å². The second-order valence-electron chi connectivity index (χ2n) is 7.52. The topological polar surface area (TPSA) is 91.2 Å². The summed E-state index contributed by atoms with van der Waals surface area (Å²) < 4.78 is 13.2. The van der Waals surface area contributed by atoms with Crippen LogP contribution in [0.3, 0.4) is 0 Å². The molecule has 4 aromatic rings. The monoisotopic (exact) mass is 415 g/mol. The number of nitrogens with zero attached hydrogens (tertiary/aromatic N) is 4. The van der Waals surface area contributed by atoms with Crippen LogP contribution in [-0.2, 0) is 0 Å². The molecule has 3 aromatic heterocycles. The number of nitrogens with one attached hydrogen (secondary N) is 1. The first kappa shape index (κ1) is 19.0. The summed E-state index contributed by atoms with van der Waals surface area (Å²) in [5.74, 6) is 1.14. The van der Waals surface area contributed by atoms with Crippen LogP contribution < -0.4 is 14.8 Å². The maximum absolute atomic E-state index is 13.2. The Morgan fingerprint density at radius 1 is 1.06 bits per heavy atom. The molecule has 156 valence electrons. The first-order chi connectivity index (χ1) is 15.1. The van der Waals surface area contributed by atoms with E-state index in [0.29, 0.717) is 52.7 Å². The Hall–Kier alpha value is -3.94. The predicted octanol–water partition coefficient (Wildman–Crippen LogP) is 4.10. The Bertz CT molecular complexity index is 1270. The zero-order chi connectivity index (χ0) is 21.4. The minimum absolute atomic E-state index is 0.0941. The van der Waals surface area contributed by atoms with Gasteiger partial charge in [0.2, 0.25) is 0 Å². The van der Waals surface area contributed by atoms with Crippen LogP contribution in [0.1, 0.15) is 30.2 Å². The van der Waals surface area contributed by atoms with Crippen LogP contribution in [-0.4, -0.2) is 38.9 Å². The van der Waals surface area contributed by atoms with Crippen molar-refractivity contribution in [3.8, 4) is 22.8 Å². The first-order valence-electron chi connectivity index (χ1n) is 10.1. The van der Waals surface area contributed by atoms with E-state index in [1.54, 1.807) is 36.8 Å². The van der Waals surface area contributed by atoms with E-state index in [-0.39, 0.29) is 11.9 Å². The van der Waals surface area contributed by atoms with Crippen LogP contribution >= 0.6 is 0 Å². The van der Waals surface area contributed by atoms with E-state index in [4.69, 9.17) is 14.5 Å². The fourth-order valence-electron chi connectivity index (χ4n) is 3.57. The Morgan fingerprint density at radius 2 is 1.84 bits per heavy atom. The molecule has 0 fully saturated rings. The summed E-state index contributed by atoms with van der Waals surface area (Å²) in [6, 6.07) is 11.1. The summed E-state index contributed by atoms with van der Waals surface area (Å²) in [4.78, 5) is 22.0. The Balaban J connectivity index is 1.63. The number of carbonyl (C=O) groups excluding carboxylic acids is 1. The average Bonchev–Trinajstić information content (AvgIpc) is 3.23. The van der Waals surface area contributed by atoms with Crippen LogP contribution in [0.25, 0.3) is 22.3 Å². The lowest BCUT2D eigenvalue weighted by atomic mass is 10.1. The van der Waals surface area contributed by atoms with Crippen LogP contribution in [0.15, 0.2) is 55.0 Å². The third-order valence-corrected chi connectivity index (χ3v) is 5.08. The van der Waals surface area contributed by atoms with Gasteiger partial charge in [-0.05, 0) is 50.2 Å². The number of benzene rings is 1. The third kappa shape index (κ3) is 3.56. The standard InChI is InChI=1S/C23H21N5O3/c1-14(2)28-22-18(13-25-28)17(23(29)26-16-5-7-24-8-6-16)12-19(27-22)15-3-4-20-21(11-15)31-10-9-30-20/h3-8,11-14H,9-10H2,1-2H3,(H,24,26,29). The molecule has 0 unspecified atom stereocenters. The van der Waals surface area contributed by atoms with Gasteiger partial charge >= 0.3 is 0 Å². The summed E-state index contributed by atoms with van der Waals surface area (Å²) in [6.07, 6.45) is 4.96. The fourth-order valence-corrected chi connectivity index (χ4v) is 3.57. The van der Waals surface area contributed by atoms with Gasteiger partial charge in [0, 0.05) is 29.7 Å². The van der Waals surface area contributed by atoms with Crippen molar-refractivity contribution in [3.63, 3.8) is 0 Å². The summed E-state index contributed by atoms with van der Waals surface area (Å²) in [7, 11) is 0. The molecule has 1 aliphatic rings. The highest BCUT2D eigenvalue weighted by molar-refractivity contribution is 6.12. The van der Waals surface area contributed by atoms with Gasteiger partial charge in [-0.25, -0.2) is 9.67 Å². The molecule has 0 bridgehead atoms. The molecule has 1 N–H and O–H groups in total. The Morgan fingerprint density at radius 3 is 2.61 bits per heavy atom. The van der Waals surface area contributed by atoms with Crippen molar-refractivity contribution in [1.29, 1.82) is 0 Å². The van der Waals surface area contributed by atoms with Crippen molar-refractivity contribution in [3.05, 3.63) is 60.6 Å². The molecule has 1 aromatic carbocycles. The lowest BCUT2D eigenvalue weighted by Crippen LogP contribution is -2.15. The number of fused-ring (bicyclic) bond motifs is 2. The zero-order valence-electron chi connectivity index (χ0n) is 17.2. The van der Waals surface area contributed by atoms with Crippen molar-refractivity contribution in [2.75, 3.05) is 18.5 Å². The molecule has 0 atom stereocenters. The first-order valence-corrected chi connectivity index (χ1v) is 10.1. The van der Waals surface area contributed by atoms with E-state index >= 15 is 0 Å². The van der Waals surface area contributed by atoms with E-state index in [1.165, 1.54) is 0 Å². The van der Waals surface area contributed by atoms with E-state index in [1.807, 2.05) is 36.7 Å². The average molecular weight is 415 g/mol. The predicted molar refractivity (Wildman–Crippen MR) is 117 cm³/mol.